The van der Waals surface area contributed by atoms with Gasteiger partial charge in [-0.1, -0.05) is 15.9 Å². The minimum atomic E-state index is 0.269. The molecule has 0 atom stereocenters. The summed E-state index contributed by atoms with van der Waals surface area (Å²) >= 11 is 3.33. The summed E-state index contributed by atoms with van der Waals surface area (Å²) in [6, 6.07) is 9.07. The maximum Gasteiger partial charge on any atom is 0.158 e. The Kier molecular flexibility index (Phi) is 4.50. The van der Waals surface area contributed by atoms with Crippen LogP contribution in [0.4, 0.5) is 17.3 Å². The van der Waals surface area contributed by atoms with E-state index in [4.69, 9.17) is 15.7 Å². The van der Waals surface area contributed by atoms with Crippen molar-refractivity contribution in [3.63, 3.8) is 0 Å². The molecule has 0 unspecified atom stereocenters. The summed E-state index contributed by atoms with van der Waals surface area (Å²) in [7, 11) is 1.56. The largest absolute Gasteiger partial charge is 0.384 e. The fourth-order valence-corrected chi connectivity index (χ4v) is 1.99. The number of aromatic nitrogens is 2. The van der Waals surface area contributed by atoms with Crippen LogP contribution in [-0.4, -0.2) is 17.1 Å². The smallest absolute Gasteiger partial charge is 0.158 e. The fraction of sp³-hybridized carbons (Fsp3) is 0.154. The standard InChI is InChI=1S/C13H12BrN5O/c1-20-7-13-18-11(16)5-12(19-13)17-10-3-2-9(14)4-8(10)6-15/h2-5H,7H2,1H3,(H3,16,17,18,19). The predicted octanol–water partition coefficient (Wildman–Crippen LogP) is 2.58. The van der Waals surface area contributed by atoms with E-state index in [1.165, 1.54) is 0 Å². The summed E-state index contributed by atoms with van der Waals surface area (Å²) in [5.74, 6) is 1.33. The van der Waals surface area contributed by atoms with E-state index in [0.717, 1.165) is 4.47 Å². The SMILES string of the molecule is COCc1nc(N)cc(Nc2ccc(Br)cc2C#N)n1. The molecule has 0 aliphatic heterocycles. The molecule has 0 radical (unpaired) electrons. The lowest BCUT2D eigenvalue weighted by Crippen LogP contribution is -2.05. The Morgan fingerprint density at radius 3 is 2.90 bits per heavy atom. The van der Waals surface area contributed by atoms with Crippen LogP contribution in [-0.2, 0) is 11.3 Å². The molecular formula is C13H12BrN5O. The molecule has 1 aromatic carbocycles. The Morgan fingerprint density at radius 2 is 2.20 bits per heavy atom. The number of nitrogen functional groups attached to an aromatic ring is 1. The molecule has 0 saturated heterocycles. The average molecular weight is 334 g/mol. The normalized spacial score (nSPS) is 10.1. The molecule has 20 heavy (non-hydrogen) atoms. The monoisotopic (exact) mass is 333 g/mol. The number of methoxy groups -OCH3 is 1. The van der Waals surface area contributed by atoms with Crippen LogP contribution in [0.25, 0.3) is 0 Å². The summed E-state index contributed by atoms with van der Waals surface area (Å²) in [6.45, 7) is 0.269. The van der Waals surface area contributed by atoms with E-state index in [0.29, 0.717) is 28.7 Å². The predicted molar refractivity (Wildman–Crippen MR) is 79.3 cm³/mol. The van der Waals surface area contributed by atoms with Crippen LogP contribution >= 0.6 is 15.9 Å². The van der Waals surface area contributed by atoms with Gasteiger partial charge in [0.25, 0.3) is 0 Å². The lowest BCUT2D eigenvalue weighted by Gasteiger charge is -2.09. The first-order valence-corrected chi connectivity index (χ1v) is 6.50. The van der Waals surface area contributed by atoms with Gasteiger partial charge in [-0.05, 0) is 18.2 Å². The van der Waals surface area contributed by atoms with Crippen molar-refractivity contribution in [2.24, 2.45) is 0 Å². The molecule has 6 nitrogen and oxygen atoms in total. The minimum absolute atomic E-state index is 0.269. The quantitative estimate of drug-likeness (QED) is 0.892. The highest BCUT2D eigenvalue weighted by atomic mass is 79.9. The molecule has 0 saturated carbocycles. The fourth-order valence-electron chi connectivity index (χ4n) is 1.63. The Hall–Kier alpha value is -2.17. The van der Waals surface area contributed by atoms with Crippen LogP contribution in [0.15, 0.2) is 28.7 Å². The number of nitriles is 1. The third kappa shape index (κ3) is 3.44. The number of halogens is 1. The first kappa shape index (κ1) is 14.2. The van der Waals surface area contributed by atoms with Gasteiger partial charge in [0.15, 0.2) is 5.82 Å². The van der Waals surface area contributed by atoms with Crippen LogP contribution in [0.2, 0.25) is 0 Å². The molecule has 1 aromatic heterocycles. The van der Waals surface area contributed by atoms with Crippen LogP contribution in [0.5, 0.6) is 0 Å². The van der Waals surface area contributed by atoms with Crippen LogP contribution in [0.3, 0.4) is 0 Å². The van der Waals surface area contributed by atoms with E-state index in [2.05, 4.69) is 37.3 Å². The van der Waals surface area contributed by atoms with E-state index in [-0.39, 0.29) is 6.61 Å². The number of anilines is 3. The van der Waals surface area contributed by atoms with E-state index in [9.17, 15) is 0 Å². The number of ether oxygens (including phenoxy) is 1. The Labute approximate surface area is 124 Å². The topological polar surface area (TPSA) is 96.9 Å². The van der Waals surface area contributed by atoms with E-state index in [1.54, 1.807) is 25.3 Å². The number of hydrogen-bond acceptors (Lipinski definition) is 6. The number of hydrogen-bond donors (Lipinski definition) is 2. The van der Waals surface area contributed by atoms with E-state index < -0.39 is 0 Å². The minimum Gasteiger partial charge on any atom is -0.384 e. The first-order valence-electron chi connectivity index (χ1n) is 5.71. The molecule has 0 aliphatic rings. The van der Waals surface area contributed by atoms with Gasteiger partial charge in [-0.2, -0.15) is 5.26 Å². The summed E-state index contributed by atoms with van der Waals surface area (Å²) in [5, 5.41) is 12.2. The summed E-state index contributed by atoms with van der Waals surface area (Å²) in [6.07, 6.45) is 0. The van der Waals surface area contributed by atoms with Crippen molar-refractivity contribution in [1.29, 1.82) is 5.26 Å². The summed E-state index contributed by atoms with van der Waals surface area (Å²) in [5.41, 5.74) is 6.87. The second-order valence-corrected chi connectivity index (χ2v) is 4.87. The second kappa shape index (κ2) is 6.32. The van der Waals surface area contributed by atoms with Gasteiger partial charge in [-0.15, -0.1) is 0 Å². The highest BCUT2D eigenvalue weighted by Crippen LogP contribution is 2.23. The van der Waals surface area contributed by atoms with Crippen LogP contribution in [0, 0.1) is 11.3 Å². The Balaban J connectivity index is 2.32. The molecule has 0 fully saturated rings. The number of benzene rings is 1. The lowest BCUT2D eigenvalue weighted by molar-refractivity contribution is 0.178. The molecule has 1 heterocycles. The van der Waals surface area contributed by atoms with Crippen molar-refractivity contribution < 1.29 is 4.74 Å². The zero-order chi connectivity index (χ0) is 14.5. The highest BCUT2D eigenvalue weighted by Gasteiger charge is 2.07. The number of rotatable bonds is 4. The van der Waals surface area contributed by atoms with Gasteiger partial charge in [-0.25, -0.2) is 9.97 Å². The number of nitrogens with zero attached hydrogens (tertiary/aromatic N) is 3. The van der Waals surface area contributed by atoms with E-state index in [1.807, 2.05) is 6.07 Å². The second-order valence-electron chi connectivity index (χ2n) is 3.95. The van der Waals surface area contributed by atoms with Gasteiger partial charge in [0.1, 0.15) is 24.3 Å². The van der Waals surface area contributed by atoms with Gasteiger partial charge in [0, 0.05) is 17.6 Å². The molecule has 102 valence electrons. The Bertz CT molecular complexity index is 668. The molecule has 0 aliphatic carbocycles. The summed E-state index contributed by atoms with van der Waals surface area (Å²) in [4.78, 5) is 8.32. The van der Waals surface area contributed by atoms with Gasteiger partial charge in [-0.3, -0.25) is 0 Å². The van der Waals surface area contributed by atoms with Crippen LogP contribution in [0.1, 0.15) is 11.4 Å². The number of nitrogens with one attached hydrogen (secondary N) is 1. The van der Waals surface area contributed by atoms with Crippen LogP contribution < -0.4 is 11.1 Å². The number of nitrogens with two attached hydrogens (primary N) is 1. The third-order valence-corrected chi connectivity index (χ3v) is 2.92. The van der Waals surface area contributed by atoms with E-state index >= 15 is 0 Å². The maximum absolute atomic E-state index is 9.13. The van der Waals surface area contributed by atoms with Crippen molar-refractivity contribution in [3.8, 4) is 6.07 Å². The zero-order valence-corrected chi connectivity index (χ0v) is 12.3. The van der Waals surface area contributed by atoms with Crippen molar-refractivity contribution >= 4 is 33.3 Å². The first-order chi connectivity index (χ1) is 9.62. The Morgan fingerprint density at radius 1 is 1.40 bits per heavy atom. The zero-order valence-electron chi connectivity index (χ0n) is 10.7. The highest BCUT2D eigenvalue weighted by molar-refractivity contribution is 9.10. The van der Waals surface area contributed by atoms with Crippen molar-refractivity contribution in [2.45, 2.75) is 6.61 Å². The molecule has 2 aromatic rings. The summed E-state index contributed by atoms with van der Waals surface area (Å²) < 4.78 is 5.82. The molecule has 3 N–H and O–H groups in total. The molecule has 2 rings (SSSR count). The molecule has 7 heteroatoms. The van der Waals surface area contributed by atoms with Crippen molar-refractivity contribution in [1.82, 2.24) is 9.97 Å². The van der Waals surface area contributed by atoms with Gasteiger partial charge in [0.05, 0.1) is 11.3 Å². The van der Waals surface area contributed by atoms with Gasteiger partial charge < -0.3 is 15.8 Å². The molecule has 0 spiro atoms. The third-order valence-electron chi connectivity index (χ3n) is 2.43. The molecule has 0 bridgehead atoms. The van der Waals surface area contributed by atoms with Gasteiger partial charge in [0.2, 0.25) is 0 Å². The molecule has 0 amide bonds. The lowest BCUT2D eigenvalue weighted by atomic mass is 10.2. The maximum atomic E-state index is 9.13. The van der Waals surface area contributed by atoms with Crippen molar-refractivity contribution in [2.75, 3.05) is 18.2 Å². The van der Waals surface area contributed by atoms with Gasteiger partial charge >= 0.3 is 0 Å². The molecular weight excluding hydrogens is 322 g/mol. The van der Waals surface area contributed by atoms with Crippen molar-refractivity contribution in [3.05, 3.63) is 40.1 Å². The average Bonchev–Trinajstić information content (AvgIpc) is 2.40.